The van der Waals surface area contributed by atoms with Crippen molar-refractivity contribution in [2.45, 2.75) is 115 Å². The zero-order valence-electron chi connectivity index (χ0n) is 17.3. The monoisotopic (exact) mass is 380 g/mol. The predicted octanol–water partition coefficient (Wildman–Crippen LogP) is 4.53. The van der Waals surface area contributed by atoms with Gasteiger partial charge >= 0.3 is 5.97 Å². The maximum absolute atomic E-state index is 11.6. The van der Waals surface area contributed by atoms with E-state index in [0.29, 0.717) is 6.42 Å². The maximum atomic E-state index is 11.6. The molecule has 6 atom stereocenters. The van der Waals surface area contributed by atoms with Gasteiger partial charge in [-0.2, -0.15) is 0 Å². The number of carbonyl (C=O) groups is 1. The fourth-order valence-corrected chi connectivity index (χ4v) is 4.82. The summed E-state index contributed by atoms with van der Waals surface area (Å²) in [5.41, 5.74) is 0. The van der Waals surface area contributed by atoms with Gasteiger partial charge in [0.25, 0.3) is 0 Å². The van der Waals surface area contributed by atoms with Gasteiger partial charge in [-0.1, -0.05) is 39.3 Å². The molecule has 5 nitrogen and oxygen atoms in total. The van der Waals surface area contributed by atoms with Gasteiger partial charge in [0.15, 0.2) is 5.79 Å². The molecular weight excluding hydrogens is 344 g/mol. The number of esters is 1. The summed E-state index contributed by atoms with van der Waals surface area (Å²) in [5, 5.41) is 0. The summed E-state index contributed by atoms with van der Waals surface area (Å²) in [6.07, 6.45) is 11.7. The minimum Gasteiger partial charge on any atom is -0.460 e. The lowest BCUT2D eigenvalue weighted by molar-refractivity contribution is -0.213. The second-order valence-corrected chi connectivity index (χ2v) is 8.31. The van der Waals surface area contributed by atoms with Crippen LogP contribution in [0.25, 0.3) is 0 Å². The van der Waals surface area contributed by atoms with Crippen LogP contribution in [-0.2, 0) is 23.7 Å². The topological polar surface area (TPSA) is 54.0 Å². The first-order valence-electron chi connectivity index (χ1n) is 10.8. The largest absolute Gasteiger partial charge is 0.460 e. The first-order chi connectivity index (χ1) is 13.0. The van der Waals surface area contributed by atoms with Crippen molar-refractivity contribution >= 4 is 5.97 Å². The third-order valence-electron chi connectivity index (χ3n) is 6.26. The predicted molar refractivity (Wildman–Crippen MR) is 103 cm³/mol. The second kappa shape index (κ2) is 9.06. The average Bonchev–Trinajstić information content (AvgIpc) is 3.01. The van der Waals surface area contributed by atoms with Gasteiger partial charge in [0.05, 0.1) is 12.2 Å². The van der Waals surface area contributed by atoms with Crippen LogP contribution in [0, 0.1) is 5.92 Å². The molecule has 3 rings (SSSR count). The van der Waals surface area contributed by atoms with Gasteiger partial charge in [0.1, 0.15) is 18.3 Å². The van der Waals surface area contributed by atoms with Crippen molar-refractivity contribution in [1.82, 2.24) is 0 Å². The number of hydrogen-bond acceptors (Lipinski definition) is 5. The Morgan fingerprint density at radius 3 is 2.48 bits per heavy atom. The van der Waals surface area contributed by atoms with E-state index in [1.807, 2.05) is 6.92 Å². The van der Waals surface area contributed by atoms with Crippen LogP contribution in [0.2, 0.25) is 0 Å². The zero-order chi connectivity index (χ0) is 19.4. The highest BCUT2D eigenvalue weighted by molar-refractivity contribution is 5.66. The summed E-state index contributed by atoms with van der Waals surface area (Å²) < 4.78 is 25.3. The highest BCUT2D eigenvalue weighted by atomic mass is 16.8. The second-order valence-electron chi connectivity index (χ2n) is 8.31. The van der Waals surface area contributed by atoms with E-state index in [2.05, 4.69) is 26.0 Å². The first kappa shape index (κ1) is 20.8. The number of hydrogen-bond donors (Lipinski definition) is 0. The molecule has 0 aromatic heterocycles. The quantitative estimate of drug-likeness (QED) is 0.500. The third kappa shape index (κ3) is 4.57. The normalized spacial score (nSPS) is 36.7. The fourth-order valence-electron chi connectivity index (χ4n) is 4.82. The number of ether oxygens (including phenoxy) is 4. The maximum Gasteiger partial charge on any atom is 0.302 e. The molecule has 154 valence electrons. The Balaban J connectivity index is 1.83. The van der Waals surface area contributed by atoms with E-state index >= 15 is 0 Å². The Labute approximate surface area is 163 Å². The lowest BCUT2D eigenvalue weighted by atomic mass is 9.84. The smallest absolute Gasteiger partial charge is 0.302 e. The summed E-state index contributed by atoms with van der Waals surface area (Å²) in [6, 6.07) is 0. The van der Waals surface area contributed by atoms with E-state index in [-0.39, 0.29) is 42.4 Å². The molecule has 3 aliphatic rings. The summed E-state index contributed by atoms with van der Waals surface area (Å²) in [4.78, 5) is 11.6. The van der Waals surface area contributed by atoms with Crippen molar-refractivity contribution in [1.29, 1.82) is 0 Å². The molecular formula is C22H36O5. The number of rotatable bonds is 6. The van der Waals surface area contributed by atoms with Crippen molar-refractivity contribution in [3.8, 4) is 0 Å². The van der Waals surface area contributed by atoms with Crippen LogP contribution in [0.15, 0.2) is 12.2 Å². The van der Waals surface area contributed by atoms with E-state index in [4.69, 9.17) is 18.9 Å². The van der Waals surface area contributed by atoms with Crippen molar-refractivity contribution in [3.05, 3.63) is 12.2 Å². The Morgan fingerprint density at radius 1 is 1.15 bits per heavy atom. The molecule has 2 heterocycles. The van der Waals surface area contributed by atoms with E-state index in [0.717, 1.165) is 38.5 Å². The van der Waals surface area contributed by atoms with E-state index in [1.54, 1.807) is 0 Å². The van der Waals surface area contributed by atoms with Gasteiger partial charge in [-0.05, 0) is 32.1 Å². The van der Waals surface area contributed by atoms with Crippen LogP contribution in [-0.4, -0.2) is 42.3 Å². The Bertz CT molecular complexity index is 525. The highest BCUT2D eigenvalue weighted by Crippen LogP contribution is 2.47. The van der Waals surface area contributed by atoms with Crippen LogP contribution in [0.3, 0.4) is 0 Å². The van der Waals surface area contributed by atoms with Crippen LogP contribution in [0.1, 0.15) is 79.1 Å². The Kier molecular flexibility index (Phi) is 6.98. The summed E-state index contributed by atoms with van der Waals surface area (Å²) in [5.74, 6) is -0.496. The lowest BCUT2D eigenvalue weighted by Crippen LogP contribution is -2.56. The molecule has 3 fully saturated rings. The van der Waals surface area contributed by atoms with Gasteiger partial charge in [0, 0.05) is 25.7 Å². The third-order valence-corrected chi connectivity index (χ3v) is 6.26. The molecule has 1 aliphatic carbocycles. The SMILES string of the molecule is CCC=CC[C@@H]1O[C@@H]([C@@H](CC)OC(C)=O)C2OC3(CCCCC3)O[C@H]2[C@H]1C. The van der Waals surface area contributed by atoms with Crippen molar-refractivity contribution < 1.29 is 23.7 Å². The van der Waals surface area contributed by atoms with Gasteiger partial charge in [-0.15, -0.1) is 0 Å². The van der Waals surface area contributed by atoms with Gasteiger partial charge in [-0.3, -0.25) is 4.79 Å². The highest BCUT2D eigenvalue weighted by Gasteiger charge is 2.58. The van der Waals surface area contributed by atoms with Gasteiger partial charge in [-0.25, -0.2) is 0 Å². The molecule has 2 saturated heterocycles. The molecule has 0 bridgehead atoms. The van der Waals surface area contributed by atoms with Crippen molar-refractivity contribution in [2.24, 2.45) is 5.92 Å². The van der Waals surface area contributed by atoms with Crippen LogP contribution in [0.5, 0.6) is 0 Å². The molecule has 0 aromatic rings. The van der Waals surface area contributed by atoms with Crippen LogP contribution < -0.4 is 0 Å². The number of fused-ring (bicyclic) bond motifs is 1. The van der Waals surface area contributed by atoms with Gasteiger partial charge in [0.2, 0.25) is 0 Å². The Morgan fingerprint density at radius 2 is 1.85 bits per heavy atom. The molecule has 0 N–H and O–H groups in total. The molecule has 27 heavy (non-hydrogen) atoms. The molecule has 1 unspecified atom stereocenters. The molecule has 1 spiro atoms. The van der Waals surface area contributed by atoms with E-state index in [9.17, 15) is 4.79 Å². The van der Waals surface area contributed by atoms with E-state index < -0.39 is 5.79 Å². The molecule has 1 saturated carbocycles. The van der Waals surface area contributed by atoms with Crippen molar-refractivity contribution in [2.75, 3.05) is 0 Å². The van der Waals surface area contributed by atoms with Gasteiger partial charge < -0.3 is 18.9 Å². The summed E-state index contributed by atoms with van der Waals surface area (Å²) in [7, 11) is 0. The molecule has 0 amide bonds. The molecule has 0 radical (unpaired) electrons. The molecule has 5 heteroatoms. The molecule has 0 aromatic carbocycles. The minimum absolute atomic E-state index is 0.00788. The zero-order valence-corrected chi connectivity index (χ0v) is 17.3. The Hall–Kier alpha value is -0.910. The van der Waals surface area contributed by atoms with Crippen molar-refractivity contribution in [3.63, 3.8) is 0 Å². The lowest BCUT2D eigenvalue weighted by Gasteiger charge is -2.43. The first-order valence-corrected chi connectivity index (χ1v) is 10.8. The number of carbonyl (C=O) groups excluding carboxylic acids is 1. The minimum atomic E-state index is -0.466. The summed E-state index contributed by atoms with van der Waals surface area (Å²) >= 11 is 0. The average molecular weight is 381 g/mol. The number of allylic oxidation sites excluding steroid dienone is 1. The van der Waals surface area contributed by atoms with E-state index in [1.165, 1.54) is 13.3 Å². The van der Waals surface area contributed by atoms with Crippen LogP contribution >= 0.6 is 0 Å². The fraction of sp³-hybridized carbons (Fsp3) is 0.864. The molecule has 2 aliphatic heterocycles. The summed E-state index contributed by atoms with van der Waals surface area (Å²) in [6.45, 7) is 7.83. The van der Waals surface area contributed by atoms with Crippen LogP contribution in [0.4, 0.5) is 0 Å². The standard InChI is InChI=1S/C22H36O5/c1-5-7-9-12-18-15(3)19-21(20(25-18)17(6-2)24-16(4)23)27-22(26-19)13-10-8-11-14-22/h7,9,15,17-21H,5-6,8,10-14H2,1-4H3/t15-,17+,18-,19-,20-,21?/m0/s1.